The van der Waals surface area contributed by atoms with Gasteiger partial charge in [0.05, 0.1) is 13.2 Å². The molecule has 29 heavy (non-hydrogen) atoms. The first-order chi connectivity index (χ1) is 14.1. The molecule has 0 heterocycles. The number of carbonyl (C=O) groups is 2. The predicted octanol–water partition coefficient (Wildman–Crippen LogP) is 5.08. The monoisotopic (exact) mass is 387 g/mol. The van der Waals surface area contributed by atoms with Crippen LogP contribution in [0.15, 0.2) is 84.9 Å². The largest absolute Gasteiger partial charge is 0.497 e. The first-order valence-corrected chi connectivity index (χ1v) is 9.73. The Kier molecular flexibility index (Phi) is 6.80. The lowest BCUT2D eigenvalue weighted by atomic mass is 9.84. The van der Waals surface area contributed by atoms with Crippen LogP contribution in [0.3, 0.4) is 0 Å². The first-order valence-electron chi connectivity index (χ1n) is 9.73. The Hall–Kier alpha value is -3.40. The lowest BCUT2D eigenvalue weighted by molar-refractivity contribution is 0.0844. The smallest absolute Gasteiger partial charge is 0.251 e. The summed E-state index contributed by atoms with van der Waals surface area (Å²) in [6.45, 7) is 1.97. The molecule has 2 unspecified atom stereocenters. The Balaban J connectivity index is 1.95. The number of methoxy groups -OCH3 is 1. The number of benzene rings is 3. The number of nitrogens with one attached hydrogen (secondary N) is 1. The van der Waals surface area contributed by atoms with E-state index in [9.17, 15) is 9.59 Å². The van der Waals surface area contributed by atoms with E-state index in [0.29, 0.717) is 17.5 Å². The van der Waals surface area contributed by atoms with Gasteiger partial charge in [0.1, 0.15) is 5.75 Å². The van der Waals surface area contributed by atoms with Gasteiger partial charge in [0.15, 0.2) is 5.78 Å². The molecule has 0 aliphatic heterocycles. The maximum atomic E-state index is 13.3. The highest BCUT2D eigenvalue weighted by Gasteiger charge is 2.30. The lowest BCUT2D eigenvalue weighted by Gasteiger charge is -2.27. The van der Waals surface area contributed by atoms with E-state index in [0.717, 1.165) is 11.3 Å². The number of ether oxygens (including phenoxy) is 1. The average Bonchev–Trinajstić information content (AvgIpc) is 2.80. The normalized spacial score (nSPS) is 12.6. The summed E-state index contributed by atoms with van der Waals surface area (Å²) < 4.78 is 5.25. The maximum Gasteiger partial charge on any atom is 0.251 e. The third-order valence-corrected chi connectivity index (χ3v) is 5.03. The molecule has 0 fully saturated rings. The average molecular weight is 387 g/mol. The van der Waals surface area contributed by atoms with E-state index < -0.39 is 12.0 Å². The van der Waals surface area contributed by atoms with Crippen LogP contribution in [0.5, 0.6) is 5.75 Å². The maximum absolute atomic E-state index is 13.3. The summed E-state index contributed by atoms with van der Waals surface area (Å²) in [5.41, 5.74) is 2.08. The molecule has 0 saturated heterocycles. The summed E-state index contributed by atoms with van der Waals surface area (Å²) in [7, 11) is 1.61. The molecule has 0 radical (unpaired) electrons. The van der Waals surface area contributed by atoms with Crippen molar-refractivity contribution in [1.82, 2.24) is 5.32 Å². The van der Waals surface area contributed by atoms with E-state index >= 15 is 0 Å². The Bertz CT molecular complexity index is 937. The van der Waals surface area contributed by atoms with Crippen LogP contribution >= 0.6 is 0 Å². The van der Waals surface area contributed by atoms with Crippen molar-refractivity contribution >= 4 is 11.7 Å². The van der Waals surface area contributed by atoms with Gasteiger partial charge in [-0.25, -0.2) is 0 Å². The number of amides is 1. The summed E-state index contributed by atoms with van der Waals surface area (Å²) in [4.78, 5) is 26.1. The molecule has 0 spiro atoms. The van der Waals surface area contributed by atoms with Gasteiger partial charge in [0, 0.05) is 17.0 Å². The van der Waals surface area contributed by atoms with Gasteiger partial charge in [-0.3, -0.25) is 9.59 Å². The van der Waals surface area contributed by atoms with E-state index in [4.69, 9.17) is 4.74 Å². The summed E-state index contributed by atoms with van der Waals surface area (Å²) in [5, 5.41) is 3.09. The zero-order chi connectivity index (χ0) is 20.6. The third kappa shape index (κ3) is 4.91. The van der Waals surface area contributed by atoms with Crippen LogP contribution in [0, 0.1) is 5.92 Å². The number of hydrogen-bond donors (Lipinski definition) is 1. The van der Waals surface area contributed by atoms with Crippen molar-refractivity contribution in [1.29, 1.82) is 0 Å². The number of hydrogen-bond acceptors (Lipinski definition) is 3. The highest BCUT2D eigenvalue weighted by molar-refractivity contribution is 5.99. The van der Waals surface area contributed by atoms with Gasteiger partial charge < -0.3 is 10.1 Å². The van der Waals surface area contributed by atoms with Crippen LogP contribution in [0.25, 0.3) is 0 Å². The molecule has 0 saturated carbocycles. The number of carbonyl (C=O) groups excluding carboxylic acids is 2. The van der Waals surface area contributed by atoms with Gasteiger partial charge in [0.2, 0.25) is 0 Å². The molecule has 0 bridgehead atoms. The Morgan fingerprint density at radius 3 is 1.90 bits per heavy atom. The van der Waals surface area contributed by atoms with Crippen LogP contribution in [0.1, 0.15) is 45.7 Å². The van der Waals surface area contributed by atoms with Crippen LogP contribution in [0.2, 0.25) is 0 Å². The molecule has 0 aliphatic rings. The van der Waals surface area contributed by atoms with E-state index in [-0.39, 0.29) is 11.7 Å². The summed E-state index contributed by atoms with van der Waals surface area (Å²) in [6, 6.07) is 25.3. The molecule has 0 aliphatic carbocycles. The van der Waals surface area contributed by atoms with Crippen LogP contribution in [0.4, 0.5) is 0 Å². The number of rotatable bonds is 8. The van der Waals surface area contributed by atoms with Crippen LogP contribution in [-0.2, 0) is 0 Å². The Morgan fingerprint density at radius 1 is 0.828 bits per heavy atom. The van der Waals surface area contributed by atoms with Crippen molar-refractivity contribution in [3.63, 3.8) is 0 Å². The molecular weight excluding hydrogens is 362 g/mol. The minimum Gasteiger partial charge on any atom is -0.497 e. The van der Waals surface area contributed by atoms with Gasteiger partial charge in [0.25, 0.3) is 5.91 Å². The first kappa shape index (κ1) is 20.3. The topological polar surface area (TPSA) is 55.4 Å². The van der Waals surface area contributed by atoms with Crippen LogP contribution in [-0.4, -0.2) is 18.8 Å². The Labute approximate surface area is 171 Å². The van der Waals surface area contributed by atoms with Gasteiger partial charge in [-0.2, -0.15) is 0 Å². The summed E-state index contributed by atoms with van der Waals surface area (Å²) in [6.07, 6.45) is 0.597. The van der Waals surface area contributed by atoms with Crippen LogP contribution < -0.4 is 10.1 Å². The van der Waals surface area contributed by atoms with Crippen molar-refractivity contribution in [3.8, 4) is 5.75 Å². The molecule has 3 rings (SSSR count). The molecule has 148 valence electrons. The molecule has 4 heteroatoms. The fourth-order valence-corrected chi connectivity index (χ4v) is 3.43. The van der Waals surface area contributed by atoms with Crippen molar-refractivity contribution in [2.45, 2.75) is 19.4 Å². The minimum atomic E-state index is -0.452. The minimum absolute atomic E-state index is 0.0160. The molecule has 4 nitrogen and oxygen atoms in total. The summed E-state index contributed by atoms with van der Waals surface area (Å²) in [5.74, 6) is 0.149. The van der Waals surface area contributed by atoms with E-state index in [1.807, 2.05) is 79.7 Å². The lowest BCUT2D eigenvalue weighted by Crippen LogP contribution is -2.36. The molecule has 3 aromatic rings. The van der Waals surface area contributed by atoms with Gasteiger partial charge in [-0.15, -0.1) is 0 Å². The van der Waals surface area contributed by atoms with Gasteiger partial charge in [-0.05, 0) is 36.2 Å². The van der Waals surface area contributed by atoms with Gasteiger partial charge in [-0.1, -0.05) is 67.6 Å². The second-order valence-corrected chi connectivity index (χ2v) is 6.84. The van der Waals surface area contributed by atoms with Crippen molar-refractivity contribution in [3.05, 3.63) is 102 Å². The molecule has 3 aromatic carbocycles. The van der Waals surface area contributed by atoms with Crippen molar-refractivity contribution < 1.29 is 14.3 Å². The highest BCUT2D eigenvalue weighted by atomic mass is 16.5. The molecule has 0 aromatic heterocycles. The second kappa shape index (κ2) is 9.69. The molecular formula is C25H25NO3. The quantitative estimate of drug-likeness (QED) is 0.549. The molecule has 2 atom stereocenters. The summed E-state index contributed by atoms with van der Waals surface area (Å²) >= 11 is 0. The van der Waals surface area contributed by atoms with E-state index in [1.165, 1.54) is 0 Å². The Morgan fingerprint density at radius 2 is 1.38 bits per heavy atom. The fraction of sp³-hybridized carbons (Fsp3) is 0.200. The van der Waals surface area contributed by atoms with Crippen molar-refractivity contribution in [2.24, 2.45) is 5.92 Å². The van der Waals surface area contributed by atoms with E-state index in [2.05, 4.69) is 5.32 Å². The van der Waals surface area contributed by atoms with Gasteiger partial charge >= 0.3 is 0 Å². The SMILES string of the molecule is CCC(C(=O)c1ccccc1)C(NC(=O)c1ccccc1)c1ccc(OC)cc1. The zero-order valence-electron chi connectivity index (χ0n) is 16.7. The van der Waals surface area contributed by atoms with Crippen molar-refractivity contribution in [2.75, 3.05) is 7.11 Å². The standard InChI is InChI=1S/C25H25NO3/c1-3-22(24(27)19-10-6-4-7-11-19)23(18-14-16-21(29-2)17-15-18)26-25(28)20-12-8-5-9-13-20/h4-17,22-23H,3H2,1-2H3,(H,26,28). The molecule has 1 N–H and O–H groups in total. The second-order valence-electron chi connectivity index (χ2n) is 6.84. The van der Waals surface area contributed by atoms with E-state index in [1.54, 1.807) is 19.2 Å². The third-order valence-electron chi connectivity index (χ3n) is 5.03. The highest BCUT2D eigenvalue weighted by Crippen LogP contribution is 2.30. The fourth-order valence-electron chi connectivity index (χ4n) is 3.43. The number of ketones is 1. The predicted molar refractivity (Wildman–Crippen MR) is 114 cm³/mol. The molecule has 1 amide bonds. The number of Topliss-reactive ketones (excluding diaryl/α,β-unsaturated/α-hetero) is 1. The zero-order valence-corrected chi connectivity index (χ0v) is 16.7.